The molecule has 0 N–H and O–H groups in total. The van der Waals surface area contributed by atoms with E-state index in [1.54, 1.807) is 54.1 Å². The summed E-state index contributed by atoms with van der Waals surface area (Å²) < 4.78 is 1.48. The average Bonchev–Trinajstić information content (AvgIpc) is 3.16. The zero-order valence-corrected chi connectivity index (χ0v) is 15.4. The first kappa shape index (κ1) is 17.2. The van der Waals surface area contributed by atoms with Crippen LogP contribution in [0.2, 0.25) is 5.02 Å². The Kier molecular flexibility index (Phi) is 4.55. The number of nitriles is 1. The van der Waals surface area contributed by atoms with Crippen molar-refractivity contribution in [1.82, 2.24) is 14.5 Å². The van der Waals surface area contributed by atoms with Gasteiger partial charge in [-0.1, -0.05) is 23.7 Å². The van der Waals surface area contributed by atoms with Crippen molar-refractivity contribution in [2.75, 3.05) is 0 Å². The molecular weight excluding hydrogens is 380 g/mol. The van der Waals surface area contributed by atoms with Crippen molar-refractivity contribution >= 4 is 46.0 Å². The summed E-state index contributed by atoms with van der Waals surface area (Å²) in [6.07, 6.45) is 4.95. The molecule has 7 heteroatoms. The van der Waals surface area contributed by atoms with Crippen LogP contribution < -0.4 is 5.56 Å². The number of thiophene rings is 1. The molecule has 0 bridgehead atoms. The molecule has 0 spiro atoms. The number of rotatable bonds is 3. The molecule has 0 amide bonds. The van der Waals surface area contributed by atoms with E-state index in [9.17, 15) is 10.1 Å². The minimum Gasteiger partial charge on any atom is -0.268 e. The van der Waals surface area contributed by atoms with Crippen molar-refractivity contribution in [3.8, 4) is 11.8 Å². The zero-order chi connectivity index (χ0) is 18.8. The molecule has 0 saturated carbocycles. The lowest BCUT2D eigenvalue weighted by molar-refractivity contribution is 0.945. The molecular formula is C20H11ClN4OS. The molecule has 3 aromatic heterocycles. The van der Waals surface area contributed by atoms with Crippen molar-refractivity contribution in [2.24, 2.45) is 0 Å². The number of hydrogen-bond donors (Lipinski definition) is 0. The lowest BCUT2D eigenvalue weighted by Crippen LogP contribution is -2.22. The number of aromatic nitrogens is 3. The van der Waals surface area contributed by atoms with E-state index in [-0.39, 0.29) is 5.56 Å². The van der Waals surface area contributed by atoms with Gasteiger partial charge in [-0.2, -0.15) is 5.26 Å². The van der Waals surface area contributed by atoms with Gasteiger partial charge in [0, 0.05) is 17.0 Å². The van der Waals surface area contributed by atoms with Crippen LogP contribution in [-0.4, -0.2) is 14.5 Å². The SMILES string of the molecule is N#Cc1cccnc1/C=C/c1nc2cscc2c(=O)n1-c1ccccc1Cl. The summed E-state index contributed by atoms with van der Waals surface area (Å²) in [4.78, 5) is 21.9. The molecule has 130 valence electrons. The first-order valence-electron chi connectivity index (χ1n) is 7.96. The molecule has 4 aromatic rings. The van der Waals surface area contributed by atoms with E-state index in [2.05, 4.69) is 16.0 Å². The highest BCUT2D eigenvalue weighted by molar-refractivity contribution is 7.09. The van der Waals surface area contributed by atoms with Crippen LogP contribution in [-0.2, 0) is 0 Å². The summed E-state index contributed by atoms with van der Waals surface area (Å²) in [6, 6.07) is 12.6. The molecule has 0 aliphatic heterocycles. The Labute approximate surface area is 163 Å². The van der Waals surface area contributed by atoms with E-state index in [4.69, 9.17) is 11.6 Å². The molecule has 4 rings (SSSR count). The summed E-state index contributed by atoms with van der Waals surface area (Å²) in [5.74, 6) is 0.411. The molecule has 0 atom stereocenters. The number of pyridine rings is 1. The van der Waals surface area contributed by atoms with Gasteiger partial charge in [0.05, 0.1) is 32.9 Å². The molecule has 0 aliphatic rings. The lowest BCUT2D eigenvalue weighted by atomic mass is 10.2. The third kappa shape index (κ3) is 3.14. The molecule has 0 unspecified atom stereocenters. The van der Waals surface area contributed by atoms with Crippen LogP contribution >= 0.6 is 22.9 Å². The molecule has 0 radical (unpaired) electrons. The second kappa shape index (κ2) is 7.16. The maximum Gasteiger partial charge on any atom is 0.267 e. The Balaban J connectivity index is 1.96. The smallest absolute Gasteiger partial charge is 0.267 e. The molecule has 3 heterocycles. The van der Waals surface area contributed by atoms with Crippen LogP contribution in [0.3, 0.4) is 0 Å². The maximum atomic E-state index is 13.1. The topological polar surface area (TPSA) is 71.6 Å². The quantitative estimate of drug-likeness (QED) is 0.515. The van der Waals surface area contributed by atoms with Crippen molar-refractivity contribution < 1.29 is 0 Å². The fourth-order valence-corrected chi connectivity index (χ4v) is 3.67. The minimum absolute atomic E-state index is 0.199. The van der Waals surface area contributed by atoms with Crippen LogP contribution in [0, 0.1) is 11.3 Å². The normalized spacial score (nSPS) is 11.1. The van der Waals surface area contributed by atoms with Crippen molar-refractivity contribution in [3.05, 3.63) is 85.8 Å². The van der Waals surface area contributed by atoms with Crippen LogP contribution in [0.15, 0.2) is 58.1 Å². The van der Waals surface area contributed by atoms with Gasteiger partial charge in [0.2, 0.25) is 0 Å². The first-order chi connectivity index (χ1) is 13.2. The number of hydrogen-bond acceptors (Lipinski definition) is 5. The second-order valence-corrected chi connectivity index (χ2v) is 6.76. The largest absolute Gasteiger partial charge is 0.268 e. The summed E-state index contributed by atoms with van der Waals surface area (Å²) in [6.45, 7) is 0. The maximum absolute atomic E-state index is 13.1. The fourth-order valence-electron chi connectivity index (χ4n) is 2.71. The number of nitrogens with zero attached hydrogens (tertiary/aromatic N) is 4. The minimum atomic E-state index is -0.199. The monoisotopic (exact) mass is 390 g/mol. The Morgan fingerprint density at radius 1 is 1.15 bits per heavy atom. The van der Waals surface area contributed by atoms with E-state index >= 15 is 0 Å². The highest BCUT2D eigenvalue weighted by atomic mass is 35.5. The zero-order valence-electron chi connectivity index (χ0n) is 13.8. The van der Waals surface area contributed by atoms with E-state index in [0.717, 1.165) is 0 Å². The predicted molar refractivity (Wildman–Crippen MR) is 108 cm³/mol. The summed E-state index contributed by atoms with van der Waals surface area (Å²) in [5, 5.41) is 13.8. The van der Waals surface area contributed by atoms with Gasteiger partial charge in [-0.05, 0) is 36.4 Å². The van der Waals surface area contributed by atoms with E-state index < -0.39 is 0 Å². The van der Waals surface area contributed by atoms with Crippen LogP contribution in [0.5, 0.6) is 0 Å². The van der Waals surface area contributed by atoms with Crippen LogP contribution in [0.1, 0.15) is 17.1 Å². The van der Waals surface area contributed by atoms with E-state index in [1.807, 2.05) is 11.4 Å². The van der Waals surface area contributed by atoms with Gasteiger partial charge in [0.25, 0.3) is 5.56 Å². The second-order valence-electron chi connectivity index (χ2n) is 5.61. The lowest BCUT2D eigenvalue weighted by Gasteiger charge is -2.11. The Morgan fingerprint density at radius 2 is 2.00 bits per heavy atom. The van der Waals surface area contributed by atoms with Gasteiger partial charge in [0.15, 0.2) is 0 Å². The van der Waals surface area contributed by atoms with Crippen LogP contribution in [0.25, 0.3) is 28.7 Å². The van der Waals surface area contributed by atoms with Gasteiger partial charge < -0.3 is 0 Å². The van der Waals surface area contributed by atoms with Crippen molar-refractivity contribution in [1.29, 1.82) is 5.26 Å². The Hall–Kier alpha value is -3.27. The number of fused-ring (bicyclic) bond motifs is 1. The Bertz CT molecular complexity index is 1280. The van der Waals surface area contributed by atoms with Gasteiger partial charge in [-0.15, -0.1) is 11.3 Å². The highest BCUT2D eigenvalue weighted by Crippen LogP contribution is 2.23. The molecule has 0 saturated heterocycles. The summed E-state index contributed by atoms with van der Waals surface area (Å²) >= 11 is 7.74. The van der Waals surface area contributed by atoms with Gasteiger partial charge in [-0.3, -0.25) is 14.3 Å². The highest BCUT2D eigenvalue weighted by Gasteiger charge is 2.14. The number of para-hydroxylation sites is 1. The Morgan fingerprint density at radius 3 is 2.81 bits per heavy atom. The standard InChI is InChI=1S/C20H11ClN4OS/c21-15-5-1-2-6-18(15)25-19(24-17-12-27-11-14(17)20(25)26)8-7-16-13(10-22)4-3-9-23-16/h1-9,11-12H/b8-7+. The molecule has 1 aromatic carbocycles. The molecule has 0 aliphatic carbocycles. The fraction of sp³-hybridized carbons (Fsp3) is 0. The van der Waals surface area contributed by atoms with Gasteiger partial charge in [-0.25, -0.2) is 4.98 Å². The summed E-state index contributed by atoms with van der Waals surface area (Å²) in [7, 11) is 0. The van der Waals surface area contributed by atoms with Crippen LogP contribution in [0.4, 0.5) is 0 Å². The predicted octanol–water partition coefficient (Wildman–Crippen LogP) is 4.54. The molecule has 5 nitrogen and oxygen atoms in total. The van der Waals surface area contributed by atoms with Gasteiger partial charge >= 0.3 is 0 Å². The number of halogens is 1. The molecule has 0 fully saturated rings. The van der Waals surface area contributed by atoms with E-state index in [0.29, 0.717) is 38.7 Å². The molecule has 27 heavy (non-hydrogen) atoms. The van der Waals surface area contributed by atoms with Gasteiger partial charge in [0.1, 0.15) is 11.9 Å². The average molecular weight is 391 g/mol. The third-order valence-corrected chi connectivity index (χ3v) is 5.03. The van der Waals surface area contributed by atoms with E-state index in [1.165, 1.54) is 15.9 Å². The first-order valence-corrected chi connectivity index (χ1v) is 9.28. The number of benzene rings is 1. The third-order valence-electron chi connectivity index (χ3n) is 3.98. The van der Waals surface area contributed by atoms with Crippen molar-refractivity contribution in [2.45, 2.75) is 0 Å². The van der Waals surface area contributed by atoms with Crippen molar-refractivity contribution in [3.63, 3.8) is 0 Å². The summed E-state index contributed by atoms with van der Waals surface area (Å²) in [5.41, 5.74) is 1.92.